The van der Waals surface area contributed by atoms with Gasteiger partial charge < -0.3 is 5.73 Å². The first-order valence-electron chi connectivity index (χ1n) is 6.55. The van der Waals surface area contributed by atoms with E-state index in [0.29, 0.717) is 17.2 Å². The van der Waals surface area contributed by atoms with Crippen molar-refractivity contribution in [2.45, 2.75) is 57.2 Å². The van der Waals surface area contributed by atoms with Crippen LogP contribution in [0.2, 0.25) is 0 Å². The minimum Gasteiger partial charge on any atom is -0.370 e. The van der Waals surface area contributed by atoms with Gasteiger partial charge in [0.25, 0.3) is 0 Å². The second-order valence-corrected chi connectivity index (χ2v) is 7.74. The van der Waals surface area contributed by atoms with E-state index in [2.05, 4.69) is 25.7 Å². The van der Waals surface area contributed by atoms with Crippen molar-refractivity contribution in [1.29, 1.82) is 0 Å². The van der Waals surface area contributed by atoms with E-state index in [0.717, 1.165) is 25.3 Å². The zero-order valence-electron chi connectivity index (χ0n) is 11.4. The fourth-order valence-corrected chi connectivity index (χ4v) is 3.23. The van der Waals surface area contributed by atoms with Gasteiger partial charge in [-0.15, -0.1) is 0 Å². The van der Waals surface area contributed by atoms with Crippen molar-refractivity contribution in [3.05, 3.63) is 0 Å². The van der Waals surface area contributed by atoms with Crippen molar-refractivity contribution in [3.63, 3.8) is 0 Å². The SMILES string of the molecule is CC(C)(C)SCCN1CCCCC1CC(N)=O. The maximum absolute atomic E-state index is 11.0. The molecule has 1 aliphatic rings. The van der Waals surface area contributed by atoms with Crippen molar-refractivity contribution < 1.29 is 4.79 Å². The van der Waals surface area contributed by atoms with E-state index in [-0.39, 0.29) is 5.91 Å². The van der Waals surface area contributed by atoms with Crippen LogP contribution in [0.1, 0.15) is 46.5 Å². The normalized spacial score (nSPS) is 22.6. The summed E-state index contributed by atoms with van der Waals surface area (Å²) in [5, 5.41) is 0. The first kappa shape index (κ1) is 14.8. The second-order valence-electron chi connectivity index (χ2n) is 5.82. The van der Waals surface area contributed by atoms with Crippen LogP contribution in [-0.4, -0.2) is 40.4 Å². The lowest BCUT2D eigenvalue weighted by atomic mass is 9.99. The Morgan fingerprint density at radius 2 is 2.12 bits per heavy atom. The fourth-order valence-electron chi connectivity index (χ4n) is 2.29. The minimum atomic E-state index is -0.162. The molecule has 1 fully saturated rings. The third-order valence-corrected chi connectivity index (χ3v) is 4.35. The van der Waals surface area contributed by atoms with Crippen LogP contribution in [0.4, 0.5) is 0 Å². The van der Waals surface area contributed by atoms with Crippen LogP contribution < -0.4 is 5.73 Å². The third-order valence-electron chi connectivity index (χ3n) is 3.10. The second kappa shape index (κ2) is 6.64. The summed E-state index contributed by atoms with van der Waals surface area (Å²) >= 11 is 1.99. The van der Waals surface area contributed by atoms with Gasteiger partial charge in [0, 0.05) is 29.5 Å². The molecule has 0 saturated carbocycles. The molecule has 0 aliphatic carbocycles. The molecule has 3 nitrogen and oxygen atoms in total. The van der Waals surface area contributed by atoms with Gasteiger partial charge in [0.05, 0.1) is 0 Å². The lowest BCUT2D eigenvalue weighted by Crippen LogP contribution is -2.43. The van der Waals surface area contributed by atoms with Gasteiger partial charge in [-0.05, 0) is 19.4 Å². The molecule has 1 atom stereocenters. The fraction of sp³-hybridized carbons (Fsp3) is 0.923. The smallest absolute Gasteiger partial charge is 0.218 e. The summed E-state index contributed by atoms with van der Waals surface area (Å²) < 4.78 is 0.328. The number of hydrogen-bond donors (Lipinski definition) is 1. The molecule has 17 heavy (non-hydrogen) atoms. The highest BCUT2D eigenvalue weighted by molar-refractivity contribution is 8.00. The van der Waals surface area contributed by atoms with Gasteiger partial charge in [-0.25, -0.2) is 0 Å². The number of carbonyl (C=O) groups excluding carboxylic acids is 1. The molecule has 1 aliphatic heterocycles. The molecule has 0 aromatic heterocycles. The quantitative estimate of drug-likeness (QED) is 0.822. The molecule has 1 saturated heterocycles. The molecule has 1 heterocycles. The number of thioether (sulfide) groups is 1. The van der Waals surface area contributed by atoms with Crippen LogP contribution >= 0.6 is 11.8 Å². The monoisotopic (exact) mass is 258 g/mol. The van der Waals surface area contributed by atoms with Gasteiger partial charge in [-0.2, -0.15) is 11.8 Å². The van der Waals surface area contributed by atoms with Gasteiger partial charge >= 0.3 is 0 Å². The summed E-state index contributed by atoms with van der Waals surface area (Å²) in [5.41, 5.74) is 5.31. The molecule has 0 spiro atoms. The zero-order valence-corrected chi connectivity index (χ0v) is 12.2. The van der Waals surface area contributed by atoms with Crippen molar-refractivity contribution in [3.8, 4) is 0 Å². The molecule has 100 valence electrons. The number of nitrogens with zero attached hydrogens (tertiary/aromatic N) is 1. The minimum absolute atomic E-state index is 0.162. The Morgan fingerprint density at radius 3 is 2.71 bits per heavy atom. The molecule has 4 heteroatoms. The predicted octanol–water partition coefficient (Wildman–Crippen LogP) is 2.25. The number of likely N-dealkylation sites (tertiary alicyclic amines) is 1. The maximum Gasteiger partial charge on any atom is 0.218 e. The van der Waals surface area contributed by atoms with Crippen molar-refractivity contribution in [1.82, 2.24) is 4.90 Å². The van der Waals surface area contributed by atoms with Gasteiger partial charge in [0.1, 0.15) is 0 Å². The summed E-state index contributed by atoms with van der Waals surface area (Å²) in [4.78, 5) is 13.5. The standard InChI is InChI=1S/C13H26N2OS/c1-13(2,3)17-9-8-15-7-5-4-6-11(15)10-12(14)16/h11H,4-10H2,1-3H3,(H2,14,16). The van der Waals surface area contributed by atoms with Crippen LogP contribution in [0.5, 0.6) is 0 Å². The highest BCUT2D eigenvalue weighted by atomic mass is 32.2. The van der Waals surface area contributed by atoms with E-state index >= 15 is 0 Å². The first-order valence-corrected chi connectivity index (χ1v) is 7.53. The van der Waals surface area contributed by atoms with Gasteiger partial charge in [0.15, 0.2) is 0 Å². The Labute approximate surface area is 109 Å². The van der Waals surface area contributed by atoms with Crippen LogP contribution in [0.25, 0.3) is 0 Å². The summed E-state index contributed by atoms with van der Waals surface area (Å²) in [6.07, 6.45) is 4.15. The molecule has 0 radical (unpaired) electrons. The maximum atomic E-state index is 11.0. The van der Waals surface area contributed by atoms with E-state index in [4.69, 9.17) is 5.73 Å². The highest BCUT2D eigenvalue weighted by Crippen LogP contribution is 2.25. The lowest BCUT2D eigenvalue weighted by molar-refractivity contribution is -0.119. The lowest BCUT2D eigenvalue weighted by Gasteiger charge is -2.35. The number of rotatable bonds is 5. The van der Waals surface area contributed by atoms with Gasteiger partial charge in [0.2, 0.25) is 5.91 Å². The molecular weight excluding hydrogens is 232 g/mol. The van der Waals surface area contributed by atoms with Gasteiger partial charge in [-0.1, -0.05) is 27.2 Å². The third kappa shape index (κ3) is 6.32. The highest BCUT2D eigenvalue weighted by Gasteiger charge is 2.23. The first-order chi connectivity index (χ1) is 7.88. The topological polar surface area (TPSA) is 46.3 Å². The summed E-state index contributed by atoms with van der Waals surface area (Å²) in [6, 6.07) is 0.391. The van der Waals surface area contributed by atoms with Crippen LogP contribution in [0.15, 0.2) is 0 Å². The average molecular weight is 258 g/mol. The van der Waals surface area contributed by atoms with E-state index in [1.54, 1.807) is 0 Å². The summed E-state index contributed by atoms with van der Waals surface area (Å²) in [5.74, 6) is 0.976. The number of amides is 1. The Kier molecular flexibility index (Phi) is 5.80. The largest absolute Gasteiger partial charge is 0.370 e. The van der Waals surface area contributed by atoms with E-state index in [1.165, 1.54) is 12.8 Å². The number of primary amides is 1. The summed E-state index contributed by atoms with van der Waals surface area (Å²) in [7, 11) is 0. The predicted molar refractivity (Wildman–Crippen MR) is 75.2 cm³/mol. The molecule has 1 rings (SSSR count). The molecule has 0 aromatic rings. The van der Waals surface area contributed by atoms with E-state index in [1.807, 2.05) is 11.8 Å². The van der Waals surface area contributed by atoms with Crippen LogP contribution in [0, 0.1) is 0 Å². The molecular formula is C13H26N2OS. The zero-order chi connectivity index (χ0) is 12.9. The Bertz CT molecular complexity index is 250. The summed E-state index contributed by atoms with van der Waals surface area (Å²) in [6.45, 7) is 8.95. The Hall–Kier alpha value is -0.220. The van der Waals surface area contributed by atoms with E-state index < -0.39 is 0 Å². The van der Waals surface area contributed by atoms with Crippen LogP contribution in [0.3, 0.4) is 0 Å². The number of piperidine rings is 1. The van der Waals surface area contributed by atoms with Crippen LogP contribution in [-0.2, 0) is 4.79 Å². The molecule has 1 unspecified atom stereocenters. The van der Waals surface area contributed by atoms with Crippen molar-refractivity contribution in [2.75, 3.05) is 18.8 Å². The molecule has 1 amide bonds. The average Bonchev–Trinajstić information content (AvgIpc) is 2.18. The Morgan fingerprint density at radius 1 is 1.41 bits per heavy atom. The molecule has 2 N–H and O–H groups in total. The molecule has 0 bridgehead atoms. The van der Waals surface area contributed by atoms with E-state index in [9.17, 15) is 4.79 Å². The van der Waals surface area contributed by atoms with Crippen molar-refractivity contribution >= 4 is 17.7 Å². The Balaban J connectivity index is 2.35. The number of nitrogens with two attached hydrogens (primary N) is 1. The number of hydrogen-bond acceptors (Lipinski definition) is 3. The van der Waals surface area contributed by atoms with Gasteiger partial charge in [-0.3, -0.25) is 9.69 Å². The number of carbonyl (C=O) groups is 1. The van der Waals surface area contributed by atoms with Crippen molar-refractivity contribution in [2.24, 2.45) is 5.73 Å². The molecule has 0 aromatic carbocycles.